The molecule has 74 valence electrons. The Morgan fingerprint density at radius 1 is 1.00 bits per heavy atom. The van der Waals surface area contributed by atoms with Crippen molar-refractivity contribution >= 4 is 0 Å². The second-order valence-corrected chi connectivity index (χ2v) is 5.51. The average molecular weight is 180 g/mol. The average Bonchev–Trinajstić information content (AvgIpc) is 2.50. The molecule has 0 aromatic carbocycles. The van der Waals surface area contributed by atoms with Crippen LogP contribution in [0.4, 0.5) is 0 Å². The zero-order chi connectivity index (χ0) is 8.89. The van der Waals surface area contributed by atoms with Crippen LogP contribution in [0.2, 0.25) is 0 Å². The first-order valence-electron chi connectivity index (χ1n) is 6.01. The predicted molar refractivity (Wildman–Crippen MR) is 52.4 cm³/mol. The van der Waals surface area contributed by atoms with Crippen LogP contribution in [0.1, 0.15) is 51.4 Å². The van der Waals surface area contributed by atoms with Gasteiger partial charge in [0.05, 0.1) is 6.10 Å². The summed E-state index contributed by atoms with van der Waals surface area (Å²) in [6, 6.07) is 0. The number of aliphatic hydroxyl groups is 1. The van der Waals surface area contributed by atoms with Crippen molar-refractivity contribution in [3.05, 3.63) is 0 Å². The lowest BCUT2D eigenvalue weighted by Crippen LogP contribution is -2.32. The van der Waals surface area contributed by atoms with Crippen LogP contribution >= 0.6 is 0 Å². The fourth-order valence-corrected chi connectivity index (χ4v) is 4.43. The van der Waals surface area contributed by atoms with E-state index >= 15 is 0 Å². The van der Waals surface area contributed by atoms with E-state index in [1.165, 1.54) is 51.4 Å². The lowest BCUT2D eigenvalue weighted by molar-refractivity contribution is 0.0316. The van der Waals surface area contributed by atoms with E-state index in [4.69, 9.17) is 0 Å². The molecule has 3 aliphatic rings. The molecule has 0 aromatic heterocycles. The van der Waals surface area contributed by atoms with Gasteiger partial charge in [-0.2, -0.15) is 0 Å². The molecule has 0 radical (unpaired) electrons. The molecule has 1 heteroatoms. The summed E-state index contributed by atoms with van der Waals surface area (Å²) < 4.78 is 0. The highest BCUT2D eigenvalue weighted by Crippen LogP contribution is 2.62. The molecule has 0 heterocycles. The maximum absolute atomic E-state index is 10.2. The Morgan fingerprint density at radius 3 is 2.77 bits per heavy atom. The molecule has 1 nitrogen and oxygen atoms in total. The summed E-state index contributed by atoms with van der Waals surface area (Å²) in [4.78, 5) is 0. The third kappa shape index (κ3) is 0.971. The van der Waals surface area contributed by atoms with Crippen LogP contribution in [0.3, 0.4) is 0 Å². The smallest absolute Gasteiger partial charge is 0.0627 e. The second kappa shape index (κ2) is 2.73. The summed E-state index contributed by atoms with van der Waals surface area (Å²) in [5.74, 6) is 1.58. The van der Waals surface area contributed by atoms with Gasteiger partial charge in [-0.25, -0.2) is 0 Å². The molecular weight excluding hydrogens is 160 g/mol. The van der Waals surface area contributed by atoms with E-state index in [2.05, 4.69) is 0 Å². The lowest BCUT2D eigenvalue weighted by atomic mass is 9.71. The number of fused-ring (bicyclic) bond motifs is 1. The van der Waals surface area contributed by atoms with Crippen LogP contribution in [-0.4, -0.2) is 11.2 Å². The molecule has 0 unspecified atom stereocenters. The molecule has 3 saturated carbocycles. The molecule has 0 aromatic rings. The number of hydrogen-bond acceptors (Lipinski definition) is 1. The Balaban J connectivity index is 1.92. The zero-order valence-electron chi connectivity index (χ0n) is 8.34. The molecule has 1 N–H and O–H groups in total. The van der Waals surface area contributed by atoms with Gasteiger partial charge in [0.1, 0.15) is 0 Å². The van der Waals surface area contributed by atoms with Gasteiger partial charge in [-0.1, -0.05) is 19.3 Å². The van der Waals surface area contributed by atoms with Gasteiger partial charge in [-0.3, -0.25) is 0 Å². The van der Waals surface area contributed by atoms with Crippen molar-refractivity contribution in [3.63, 3.8) is 0 Å². The van der Waals surface area contributed by atoms with Crippen molar-refractivity contribution in [1.29, 1.82) is 0 Å². The van der Waals surface area contributed by atoms with Crippen molar-refractivity contribution in [2.45, 2.75) is 57.5 Å². The summed E-state index contributed by atoms with van der Waals surface area (Å²) >= 11 is 0. The third-order valence-corrected chi connectivity index (χ3v) is 5.11. The zero-order valence-corrected chi connectivity index (χ0v) is 8.34. The van der Waals surface area contributed by atoms with E-state index in [9.17, 15) is 5.11 Å². The van der Waals surface area contributed by atoms with Gasteiger partial charge in [-0.05, 0) is 49.4 Å². The Morgan fingerprint density at radius 2 is 1.92 bits per heavy atom. The highest BCUT2D eigenvalue weighted by atomic mass is 16.3. The molecule has 0 aliphatic heterocycles. The van der Waals surface area contributed by atoms with Crippen molar-refractivity contribution < 1.29 is 5.11 Å². The Hall–Kier alpha value is -0.0400. The molecule has 0 amide bonds. The highest BCUT2D eigenvalue weighted by molar-refractivity contribution is 5.08. The van der Waals surface area contributed by atoms with Gasteiger partial charge in [-0.15, -0.1) is 0 Å². The maximum Gasteiger partial charge on any atom is 0.0627 e. The summed E-state index contributed by atoms with van der Waals surface area (Å²) in [5.41, 5.74) is 0.404. The molecular formula is C12H20O. The molecule has 0 saturated heterocycles. The van der Waals surface area contributed by atoms with Crippen LogP contribution in [-0.2, 0) is 0 Å². The van der Waals surface area contributed by atoms with Gasteiger partial charge >= 0.3 is 0 Å². The fourth-order valence-electron chi connectivity index (χ4n) is 4.43. The first-order chi connectivity index (χ1) is 6.33. The van der Waals surface area contributed by atoms with E-state index in [0.717, 1.165) is 5.92 Å². The second-order valence-electron chi connectivity index (χ2n) is 5.51. The fraction of sp³-hybridized carbons (Fsp3) is 1.00. The van der Waals surface area contributed by atoms with E-state index < -0.39 is 0 Å². The van der Waals surface area contributed by atoms with Gasteiger partial charge in [0.15, 0.2) is 0 Å². The Bertz CT molecular complexity index is 213. The summed E-state index contributed by atoms with van der Waals surface area (Å²) in [6.45, 7) is 0. The SMILES string of the molecule is O[C@H]1[C@H]2CC[C@@]13CCCCC[C@@H]3C2. The molecule has 3 aliphatic carbocycles. The van der Waals surface area contributed by atoms with E-state index in [1.54, 1.807) is 0 Å². The van der Waals surface area contributed by atoms with Crippen molar-refractivity contribution in [1.82, 2.24) is 0 Å². The molecule has 3 fully saturated rings. The highest BCUT2D eigenvalue weighted by Gasteiger charge is 2.58. The minimum Gasteiger partial charge on any atom is -0.392 e. The monoisotopic (exact) mass is 180 g/mol. The Labute approximate surface area is 80.5 Å². The first-order valence-corrected chi connectivity index (χ1v) is 6.01. The normalized spacial score (nSPS) is 54.7. The van der Waals surface area contributed by atoms with Gasteiger partial charge in [0.2, 0.25) is 0 Å². The third-order valence-electron chi connectivity index (χ3n) is 5.11. The van der Waals surface area contributed by atoms with E-state index in [1.807, 2.05) is 0 Å². The van der Waals surface area contributed by atoms with E-state index in [0.29, 0.717) is 11.3 Å². The minimum absolute atomic E-state index is 0.0793. The summed E-state index contributed by atoms with van der Waals surface area (Å²) in [6.07, 6.45) is 11.0. The largest absolute Gasteiger partial charge is 0.392 e. The molecule has 1 spiro atoms. The van der Waals surface area contributed by atoms with Gasteiger partial charge in [0, 0.05) is 0 Å². The molecule has 2 bridgehead atoms. The number of hydrogen-bond donors (Lipinski definition) is 1. The minimum atomic E-state index is 0.0793. The lowest BCUT2D eigenvalue weighted by Gasteiger charge is -2.35. The molecule has 3 rings (SSSR count). The maximum atomic E-state index is 10.2. The van der Waals surface area contributed by atoms with Crippen LogP contribution in [0.5, 0.6) is 0 Å². The number of rotatable bonds is 0. The van der Waals surface area contributed by atoms with Gasteiger partial charge in [0.25, 0.3) is 0 Å². The summed E-state index contributed by atoms with van der Waals surface area (Å²) in [7, 11) is 0. The van der Waals surface area contributed by atoms with Crippen LogP contribution in [0, 0.1) is 17.3 Å². The number of aliphatic hydroxyl groups excluding tert-OH is 1. The standard InChI is InChI=1S/C12H20O/c13-11-9-5-7-12(11)6-3-1-2-4-10(12)8-9/h9-11,13H,1-8H2/t9-,10+,11-,12+/m0/s1. The van der Waals surface area contributed by atoms with Crippen molar-refractivity contribution in [2.24, 2.45) is 17.3 Å². The van der Waals surface area contributed by atoms with Crippen molar-refractivity contribution in [2.75, 3.05) is 0 Å². The van der Waals surface area contributed by atoms with Gasteiger partial charge < -0.3 is 5.11 Å². The topological polar surface area (TPSA) is 20.2 Å². The van der Waals surface area contributed by atoms with Crippen LogP contribution in [0.25, 0.3) is 0 Å². The van der Waals surface area contributed by atoms with E-state index in [-0.39, 0.29) is 6.10 Å². The first kappa shape index (κ1) is 8.28. The van der Waals surface area contributed by atoms with Crippen molar-refractivity contribution in [3.8, 4) is 0 Å². The Kier molecular flexibility index (Phi) is 1.74. The van der Waals surface area contributed by atoms with Crippen LogP contribution < -0.4 is 0 Å². The summed E-state index contributed by atoms with van der Waals surface area (Å²) in [5, 5.41) is 10.2. The molecule has 4 atom stereocenters. The molecule has 13 heavy (non-hydrogen) atoms. The predicted octanol–water partition coefficient (Wildman–Crippen LogP) is 2.73. The quantitative estimate of drug-likeness (QED) is 0.607. The van der Waals surface area contributed by atoms with Crippen LogP contribution in [0.15, 0.2) is 0 Å².